The monoisotopic (exact) mass is 353 g/mol. The molecule has 0 spiro atoms. The van der Waals surface area contributed by atoms with E-state index in [0.717, 1.165) is 15.4 Å². The van der Waals surface area contributed by atoms with Crippen molar-refractivity contribution in [1.82, 2.24) is 4.90 Å². The highest BCUT2D eigenvalue weighted by atomic mass is 32.2. The number of imide groups is 1. The zero-order chi connectivity index (χ0) is 17.4. The van der Waals surface area contributed by atoms with Crippen LogP contribution in [-0.4, -0.2) is 41.1 Å². The highest BCUT2D eigenvalue weighted by Crippen LogP contribution is 2.37. The molecule has 6 heteroatoms. The number of fused-ring (bicyclic) bond motifs is 2. The fraction of sp³-hybridized carbons (Fsp3) is 0.211. The van der Waals surface area contributed by atoms with Crippen LogP contribution in [0, 0.1) is 0 Å². The number of esters is 1. The second kappa shape index (κ2) is 6.37. The number of carbonyl (C=O) groups excluding carboxylic acids is 3. The van der Waals surface area contributed by atoms with Crippen LogP contribution in [-0.2, 0) is 16.0 Å². The van der Waals surface area contributed by atoms with Crippen LogP contribution in [0.3, 0.4) is 0 Å². The standard InChI is InChI=1S/C19H15NO4S/c21-17-13-6-2-3-7-14(13)18(22)20(17)9-10-24-19(23)16-11-12-5-1-4-8-15(12)25-16/h1-8,16H,9-11H2. The Morgan fingerprint density at radius 2 is 1.68 bits per heavy atom. The van der Waals surface area contributed by atoms with Gasteiger partial charge in [0.25, 0.3) is 11.8 Å². The van der Waals surface area contributed by atoms with Crippen molar-refractivity contribution in [3.05, 3.63) is 65.2 Å². The minimum atomic E-state index is -0.334. The molecule has 126 valence electrons. The molecule has 1 atom stereocenters. The van der Waals surface area contributed by atoms with Crippen LogP contribution in [0.5, 0.6) is 0 Å². The molecule has 4 rings (SSSR count). The molecule has 2 heterocycles. The summed E-state index contributed by atoms with van der Waals surface area (Å²) in [6, 6.07) is 14.6. The van der Waals surface area contributed by atoms with Gasteiger partial charge in [0.15, 0.2) is 0 Å². The molecule has 1 unspecified atom stereocenters. The Labute approximate surface area is 149 Å². The predicted octanol–water partition coefficient (Wildman–Crippen LogP) is 2.54. The second-order valence-electron chi connectivity index (χ2n) is 5.89. The third-order valence-electron chi connectivity index (χ3n) is 4.35. The van der Waals surface area contributed by atoms with Gasteiger partial charge < -0.3 is 4.74 Å². The number of benzene rings is 2. The van der Waals surface area contributed by atoms with E-state index in [2.05, 4.69) is 0 Å². The average molecular weight is 353 g/mol. The molecular weight excluding hydrogens is 338 g/mol. The van der Waals surface area contributed by atoms with Crippen molar-refractivity contribution in [3.8, 4) is 0 Å². The third kappa shape index (κ3) is 2.82. The van der Waals surface area contributed by atoms with Gasteiger partial charge in [0, 0.05) is 4.90 Å². The Morgan fingerprint density at radius 1 is 1.04 bits per heavy atom. The minimum Gasteiger partial charge on any atom is -0.463 e. The number of nitrogens with zero attached hydrogens (tertiary/aromatic N) is 1. The lowest BCUT2D eigenvalue weighted by Crippen LogP contribution is -2.34. The SMILES string of the molecule is O=C(OCCN1C(=O)c2ccccc2C1=O)C1Cc2ccccc2S1. The number of ether oxygens (including phenoxy) is 1. The number of rotatable bonds is 4. The normalized spacial score (nSPS) is 18.2. The molecule has 2 aliphatic rings. The summed E-state index contributed by atoms with van der Waals surface area (Å²) in [7, 11) is 0. The molecule has 2 amide bonds. The Balaban J connectivity index is 1.33. The van der Waals surface area contributed by atoms with E-state index in [1.54, 1.807) is 24.3 Å². The number of carbonyl (C=O) groups is 3. The largest absolute Gasteiger partial charge is 0.463 e. The Kier molecular flexibility index (Phi) is 4.05. The number of hydrogen-bond donors (Lipinski definition) is 0. The first-order valence-corrected chi connectivity index (χ1v) is 8.89. The van der Waals surface area contributed by atoms with Crippen molar-refractivity contribution in [3.63, 3.8) is 0 Å². The number of amides is 2. The van der Waals surface area contributed by atoms with Gasteiger partial charge in [-0.15, -0.1) is 11.8 Å². The molecule has 0 bridgehead atoms. The zero-order valence-corrected chi connectivity index (χ0v) is 14.1. The fourth-order valence-corrected chi connectivity index (χ4v) is 4.28. The second-order valence-corrected chi connectivity index (χ2v) is 7.14. The molecule has 5 nitrogen and oxygen atoms in total. The lowest BCUT2D eigenvalue weighted by Gasteiger charge is -2.15. The van der Waals surface area contributed by atoms with Gasteiger partial charge in [-0.2, -0.15) is 0 Å². The maximum atomic E-state index is 12.2. The van der Waals surface area contributed by atoms with Crippen molar-refractivity contribution in [2.75, 3.05) is 13.2 Å². The fourth-order valence-electron chi connectivity index (χ4n) is 3.09. The molecule has 0 aliphatic carbocycles. The number of hydrogen-bond acceptors (Lipinski definition) is 5. The summed E-state index contributed by atoms with van der Waals surface area (Å²) in [5.74, 6) is -0.976. The summed E-state index contributed by atoms with van der Waals surface area (Å²) in [6.07, 6.45) is 0.646. The van der Waals surface area contributed by atoms with E-state index in [-0.39, 0.29) is 36.2 Å². The smallest absolute Gasteiger partial charge is 0.319 e. The maximum Gasteiger partial charge on any atom is 0.319 e. The number of thioether (sulfide) groups is 1. The maximum absolute atomic E-state index is 12.2. The van der Waals surface area contributed by atoms with Crippen molar-refractivity contribution >= 4 is 29.5 Å². The van der Waals surface area contributed by atoms with Crippen LogP contribution in [0.4, 0.5) is 0 Å². The highest BCUT2D eigenvalue weighted by molar-refractivity contribution is 8.01. The molecule has 0 radical (unpaired) electrons. The summed E-state index contributed by atoms with van der Waals surface area (Å²) in [5.41, 5.74) is 1.95. The van der Waals surface area contributed by atoms with Crippen LogP contribution < -0.4 is 0 Å². The molecule has 0 saturated heterocycles. The molecule has 2 aliphatic heterocycles. The first-order valence-electron chi connectivity index (χ1n) is 8.01. The van der Waals surface area contributed by atoms with E-state index >= 15 is 0 Å². The molecule has 0 aromatic heterocycles. The van der Waals surface area contributed by atoms with Crippen LogP contribution in [0.25, 0.3) is 0 Å². The lowest BCUT2D eigenvalue weighted by molar-refractivity contribution is -0.143. The van der Waals surface area contributed by atoms with Crippen LogP contribution >= 0.6 is 11.8 Å². The first-order chi connectivity index (χ1) is 12.1. The van der Waals surface area contributed by atoms with Gasteiger partial charge in [-0.1, -0.05) is 30.3 Å². The minimum absolute atomic E-state index is 0.0116. The Hall–Kier alpha value is -2.60. The quantitative estimate of drug-likeness (QED) is 0.624. The van der Waals surface area contributed by atoms with Crippen LogP contribution in [0.1, 0.15) is 26.3 Å². The van der Waals surface area contributed by atoms with Crippen LogP contribution in [0.15, 0.2) is 53.4 Å². The van der Waals surface area contributed by atoms with E-state index in [9.17, 15) is 14.4 Å². The van der Waals surface area contributed by atoms with Gasteiger partial charge in [-0.25, -0.2) is 0 Å². The van der Waals surface area contributed by atoms with E-state index in [0.29, 0.717) is 17.5 Å². The molecular formula is C19H15NO4S. The highest BCUT2D eigenvalue weighted by Gasteiger charge is 2.35. The van der Waals surface area contributed by atoms with Gasteiger partial charge in [0.05, 0.1) is 17.7 Å². The van der Waals surface area contributed by atoms with E-state index < -0.39 is 0 Å². The molecule has 0 saturated carbocycles. The van der Waals surface area contributed by atoms with Gasteiger partial charge in [0.1, 0.15) is 11.9 Å². The van der Waals surface area contributed by atoms with Gasteiger partial charge in [-0.05, 0) is 30.2 Å². The van der Waals surface area contributed by atoms with Crippen molar-refractivity contribution < 1.29 is 19.1 Å². The van der Waals surface area contributed by atoms with Crippen molar-refractivity contribution in [1.29, 1.82) is 0 Å². The molecule has 25 heavy (non-hydrogen) atoms. The summed E-state index contributed by atoms with van der Waals surface area (Å²) < 4.78 is 5.31. The first kappa shape index (κ1) is 15.9. The lowest BCUT2D eigenvalue weighted by atomic mass is 10.1. The summed E-state index contributed by atoms with van der Waals surface area (Å²) in [6.45, 7) is 0.0835. The molecule has 0 N–H and O–H groups in total. The Morgan fingerprint density at radius 3 is 2.36 bits per heavy atom. The van der Waals surface area contributed by atoms with Crippen LogP contribution in [0.2, 0.25) is 0 Å². The van der Waals surface area contributed by atoms with E-state index in [4.69, 9.17) is 4.74 Å². The van der Waals surface area contributed by atoms with E-state index in [1.807, 2.05) is 24.3 Å². The summed E-state index contributed by atoms with van der Waals surface area (Å²) >= 11 is 1.50. The topological polar surface area (TPSA) is 63.7 Å². The van der Waals surface area contributed by atoms with E-state index in [1.165, 1.54) is 11.8 Å². The third-order valence-corrected chi connectivity index (χ3v) is 5.64. The van der Waals surface area contributed by atoms with Crippen molar-refractivity contribution in [2.45, 2.75) is 16.6 Å². The summed E-state index contributed by atoms with van der Waals surface area (Å²) in [4.78, 5) is 39.0. The molecule has 2 aromatic carbocycles. The van der Waals surface area contributed by atoms with Gasteiger partial charge in [-0.3, -0.25) is 19.3 Å². The van der Waals surface area contributed by atoms with Gasteiger partial charge in [0.2, 0.25) is 0 Å². The summed E-state index contributed by atoms with van der Waals surface area (Å²) in [5, 5.41) is -0.264. The zero-order valence-electron chi connectivity index (χ0n) is 13.3. The van der Waals surface area contributed by atoms with Crippen molar-refractivity contribution in [2.24, 2.45) is 0 Å². The average Bonchev–Trinajstić information content (AvgIpc) is 3.17. The Bertz CT molecular complexity index is 819. The molecule has 0 fully saturated rings. The predicted molar refractivity (Wildman–Crippen MR) is 92.6 cm³/mol. The molecule has 2 aromatic rings. The van der Waals surface area contributed by atoms with Gasteiger partial charge >= 0.3 is 5.97 Å².